The van der Waals surface area contributed by atoms with Crippen LogP contribution >= 0.6 is 11.6 Å². The summed E-state index contributed by atoms with van der Waals surface area (Å²) in [5, 5.41) is 9.13. The first kappa shape index (κ1) is 15.7. The number of rotatable bonds is 3. The molecule has 112 valence electrons. The molecule has 2 atom stereocenters. The quantitative estimate of drug-likeness (QED) is 0.862. The molecule has 5 heteroatoms. The van der Waals surface area contributed by atoms with Gasteiger partial charge in [-0.15, -0.1) is 0 Å². The van der Waals surface area contributed by atoms with Gasteiger partial charge in [0.2, 0.25) is 0 Å². The minimum absolute atomic E-state index is 0.0196. The van der Waals surface area contributed by atoms with Crippen LogP contribution in [0.15, 0.2) is 18.2 Å². The SMILES string of the molecule is CC1CC(C)CN(C(=O)COc2ccc(C#N)cc2Cl)C1. The summed E-state index contributed by atoms with van der Waals surface area (Å²) in [6.45, 7) is 5.87. The van der Waals surface area contributed by atoms with Crippen molar-refractivity contribution in [2.75, 3.05) is 19.7 Å². The van der Waals surface area contributed by atoms with Gasteiger partial charge in [0.1, 0.15) is 5.75 Å². The Morgan fingerprint density at radius 1 is 1.43 bits per heavy atom. The van der Waals surface area contributed by atoms with E-state index in [2.05, 4.69) is 13.8 Å². The van der Waals surface area contributed by atoms with Crippen molar-refractivity contribution >= 4 is 17.5 Å². The number of amides is 1. The second kappa shape index (κ2) is 6.82. The largest absolute Gasteiger partial charge is 0.482 e. The van der Waals surface area contributed by atoms with Gasteiger partial charge in [0.05, 0.1) is 16.7 Å². The second-order valence-corrected chi connectivity index (χ2v) is 6.20. The molecule has 2 rings (SSSR count). The van der Waals surface area contributed by atoms with Gasteiger partial charge in [-0.05, 0) is 36.5 Å². The molecule has 21 heavy (non-hydrogen) atoms. The third-order valence-corrected chi connectivity index (χ3v) is 3.93. The normalized spacial score (nSPS) is 21.7. The first-order chi connectivity index (χ1) is 9.99. The van der Waals surface area contributed by atoms with Crippen LogP contribution in [-0.4, -0.2) is 30.5 Å². The molecule has 1 aliphatic rings. The molecule has 1 saturated heterocycles. The molecule has 1 fully saturated rings. The molecule has 0 aliphatic carbocycles. The van der Waals surface area contributed by atoms with Crippen LogP contribution in [0.3, 0.4) is 0 Å². The maximum absolute atomic E-state index is 12.2. The molecule has 0 bridgehead atoms. The van der Waals surface area contributed by atoms with Crippen LogP contribution in [0.25, 0.3) is 0 Å². The van der Waals surface area contributed by atoms with Crippen LogP contribution in [0, 0.1) is 23.2 Å². The number of halogens is 1. The van der Waals surface area contributed by atoms with E-state index in [0.717, 1.165) is 19.5 Å². The third-order valence-electron chi connectivity index (χ3n) is 3.63. The molecule has 1 heterocycles. The molecule has 0 spiro atoms. The Bertz CT molecular complexity index is 558. The van der Waals surface area contributed by atoms with E-state index in [1.165, 1.54) is 6.07 Å². The molecule has 0 radical (unpaired) electrons. The molecule has 1 amide bonds. The van der Waals surface area contributed by atoms with Crippen LogP contribution in [0.4, 0.5) is 0 Å². The number of piperidine rings is 1. The highest BCUT2D eigenvalue weighted by Crippen LogP contribution is 2.26. The molecule has 0 aromatic heterocycles. The molecular formula is C16H19ClN2O2. The van der Waals surface area contributed by atoms with Crippen LogP contribution in [0.2, 0.25) is 5.02 Å². The zero-order chi connectivity index (χ0) is 15.4. The maximum Gasteiger partial charge on any atom is 0.260 e. The predicted molar refractivity (Wildman–Crippen MR) is 81.2 cm³/mol. The van der Waals surface area contributed by atoms with Crippen molar-refractivity contribution in [3.05, 3.63) is 28.8 Å². The maximum atomic E-state index is 12.2. The van der Waals surface area contributed by atoms with Crippen LogP contribution in [-0.2, 0) is 4.79 Å². The van der Waals surface area contributed by atoms with Crippen molar-refractivity contribution in [3.8, 4) is 11.8 Å². The van der Waals surface area contributed by atoms with E-state index in [9.17, 15) is 4.79 Å². The summed E-state index contributed by atoms with van der Waals surface area (Å²) in [5.74, 6) is 1.46. The summed E-state index contributed by atoms with van der Waals surface area (Å²) >= 11 is 6.02. The van der Waals surface area contributed by atoms with Crippen LogP contribution in [0.5, 0.6) is 5.75 Å². The zero-order valence-electron chi connectivity index (χ0n) is 12.3. The summed E-state index contributed by atoms with van der Waals surface area (Å²) in [5.41, 5.74) is 0.470. The number of hydrogen-bond donors (Lipinski definition) is 0. The third kappa shape index (κ3) is 4.12. The van der Waals surface area contributed by atoms with Gasteiger partial charge < -0.3 is 9.64 Å². The van der Waals surface area contributed by atoms with Crippen molar-refractivity contribution in [1.82, 2.24) is 4.90 Å². The van der Waals surface area contributed by atoms with Gasteiger partial charge >= 0.3 is 0 Å². The minimum atomic E-state index is -0.0228. The lowest BCUT2D eigenvalue weighted by atomic mass is 9.92. The Hall–Kier alpha value is -1.73. The smallest absolute Gasteiger partial charge is 0.260 e. The Balaban J connectivity index is 1.93. The first-order valence-electron chi connectivity index (χ1n) is 7.09. The standard InChI is InChI=1S/C16H19ClN2O2/c1-11-5-12(2)9-19(8-11)16(20)10-21-15-4-3-13(7-18)6-14(15)17/h3-4,6,11-12H,5,8-10H2,1-2H3. The van der Waals surface area contributed by atoms with E-state index in [4.69, 9.17) is 21.6 Å². The fourth-order valence-electron chi connectivity index (χ4n) is 2.78. The highest BCUT2D eigenvalue weighted by molar-refractivity contribution is 6.32. The lowest BCUT2D eigenvalue weighted by Crippen LogP contribution is -2.44. The fraction of sp³-hybridized carbons (Fsp3) is 0.500. The van der Waals surface area contributed by atoms with Gasteiger partial charge in [0.25, 0.3) is 5.91 Å². The molecule has 0 saturated carbocycles. The van der Waals surface area contributed by atoms with Crippen molar-refractivity contribution in [3.63, 3.8) is 0 Å². The van der Waals surface area contributed by atoms with Crippen molar-refractivity contribution < 1.29 is 9.53 Å². The van der Waals surface area contributed by atoms with Crippen molar-refractivity contribution in [2.45, 2.75) is 20.3 Å². The average molecular weight is 307 g/mol. The lowest BCUT2D eigenvalue weighted by molar-refractivity contribution is -0.136. The number of nitrogens with zero attached hydrogens (tertiary/aromatic N) is 2. The Kier molecular flexibility index (Phi) is 5.08. The lowest BCUT2D eigenvalue weighted by Gasteiger charge is -2.34. The number of carbonyl (C=O) groups is 1. The Morgan fingerprint density at radius 2 is 2.10 bits per heavy atom. The van der Waals surface area contributed by atoms with Gasteiger partial charge in [-0.25, -0.2) is 0 Å². The molecule has 0 N–H and O–H groups in total. The first-order valence-corrected chi connectivity index (χ1v) is 7.47. The van der Waals surface area contributed by atoms with E-state index >= 15 is 0 Å². The fourth-order valence-corrected chi connectivity index (χ4v) is 3.02. The topological polar surface area (TPSA) is 53.3 Å². The van der Waals surface area contributed by atoms with E-state index in [0.29, 0.717) is 28.2 Å². The summed E-state index contributed by atoms with van der Waals surface area (Å²) in [7, 11) is 0. The van der Waals surface area contributed by atoms with Gasteiger partial charge in [-0.2, -0.15) is 5.26 Å². The highest BCUT2D eigenvalue weighted by Gasteiger charge is 2.25. The number of hydrogen-bond acceptors (Lipinski definition) is 3. The second-order valence-electron chi connectivity index (χ2n) is 5.79. The van der Waals surface area contributed by atoms with Gasteiger partial charge in [-0.1, -0.05) is 25.4 Å². The highest BCUT2D eigenvalue weighted by atomic mass is 35.5. The summed E-state index contributed by atoms with van der Waals surface area (Å²) in [4.78, 5) is 14.1. The molecular weight excluding hydrogens is 288 g/mol. The number of ether oxygens (including phenoxy) is 1. The Labute approximate surface area is 130 Å². The summed E-state index contributed by atoms with van der Waals surface area (Å²) < 4.78 is 5.49. The molecule has 2 unspecified atom stereocenters. The monoisotopic (exact) mass is 306 g/mol. The molecule has 4 nitrogen and oxygen atoms in total. The van der Waals surface area contributed by atoms with Crippen molar-refractivity contribution in [1.29, 1.82) is 5.26 Å². The van der Waals surface area contributed by atoms with Crippen LogP contribution in [0.1, 0.15) is 25.8 Å². The van der Waals surface area contributed by atoms with E-state index in [1.807, 2.05) is 11.0 Å². The average Bonchev–Trinajstić information content (AvgIpc) is 2.44. The summed E-state index contributed by atoms with van der Waals surface area (Å²) in [6.07, 6.45) is 1.16. The van der Waals surface area contributed by atoms with E-state index in [-0.39, 0.29) is 12.5 Å². The van der Waals surface area contributed by atoms with Gasteiger partial charge in [0, 0.05) is 13.1 Å². The number of benzene rings is 1. The number of carbonyl (C=O) groups excluding carboxylic acids is 1. The molecule has 1 aliphatic heterocycles. The van der Waals surface area contributed by atoms with Crippen molar-refractivity contribution in [2.24, 2.45) is 11.8 Å². The summed E-state index contributed by atoms with van der Waals surface area (Å²) in [6, 6.07) is 6.78. The van der Waals surface area contributed by atoms with Crippen LogP contribution < -0.4 is 4.74 Å². The Morgan fingerprint density at radius 3 is 2.67 bits per heavy atom. The van der Waals surface area contributed by atoms with E-state index < -0.39 is 0 Å². The molecule has 1 aromatic rings. The van der Waals surface area contributed by atoms with Gasteiger partial charge in [-0.3, -0.25) is 4.79 Å². The van der Waals surface area contributed by atoms with Gasteiger partial charge in [0.15, 0.2) is 6.61 Å². The minimum Gasteiger partial charge on any atom is -0.482 e. The molecule has 1 aromatic carbocycles. The number of nitriles is 1. The number of likely N-dealkylation sites (tertiary alicyclic amines) is 1. The zero-order valence-corrected chi connectivity index (χ0v) is 13.1. The van der Waals surface area contributed by atoms with E-state index in [1.54, 1.807) is 12.1 Å². The predicted octanol–water partition coefficient (Wildman–Crippen LogP) is 3.09.